The molecule has 0 radical (unpaired) electrons. The number of anilines is 1. The highest BCUT2D eigenvalue weighted by atomic mass is 19.4. The van der Waals surface area contributed by atoms with Gasteiger partial charge in [0.2, 0.25) is 5.91 Å². The molecule has 0 heterocycles. The Balaban J connectivity index is 0.000000486. The molecule has 118 valence electrons. The number of carboxylic acids is 1. The van der Waals surface area contributed by atoms with Crippen LogP contribution in [0.15, 0.2) is 12.1 Å². The average Bonchev–Trinajstić information content (AvgIpc) is 2.35. The van der Waals surface area contributed by atoms with E-state index >= 15 is 0 Å². The SMILES string of the molecule is CCC(=O)Nc1cc(F)c(F)c(F)c1.O=C(O)C(F)(F)F. The zero-order valence-corrected chi connectivity index (χ0v) is 10.4. The van der Waals surface area contributed by atoms with Crippen molar-refractivity contribution in [1.82, 2.24) is 0 Å². The van der Waals surface area contributed by atoms with Crippen molar-refractivity contribution in [2.45, 2.75) is 19.5 Å². The van der Waals surface area contributed by atoms with Gasteiger partial charge in [-0.3, -0.25) is 4.79 Å². The number of carboxylic acid groups (broad SMARTS) is 1. The first-order chi connectivity index (χ1) is 9.48. The Morgan fingerprint density at radius 1 is 1.14 bits per heavy atom. The molecule has 0 aliphatic rings. The van der Waals surface area contributed by atoms with Gasteiger partial charge < -0.3 is 10.4 Å². The molecule has 0 saturated carbocycles. The molecule has 0 fully saturated rings. The van der Waals surface area contributed by atoms with E-state index in [1.807, 2.05) is 0 Å². The van der Waals surface area contributed by atoms with Gasteiger partial charge in [0.25, 0.3) is 0 Å². The summed E-state index contributed by atoms with van der Waals surface area (Å²) in [6.07, 6.45) is -4.90. The number of rotatable bonds is 2. The van der Waals surface area contributed by atoms with E-state index in [9.17, 15) is 31.1 Å². The quantitative estimate of drug-likeness (QED) is 0.651. The fourth-order valence-corrected chi connectivity index (χ4v) is 0.877. The molecule has 1 rings (SSSR count). The summed E-state index contributed by atoms with van der Waals surface area (Å²) >= 11 is 0. The van der Waals surface area contributed by atoms with E-state index < -0.39 is 35.5 Å². The van der Waals surface area contributed by atoms with Crippen LogP contribution in [-0.4, -0.2) is 23.2 Å². The molecule has 0 aliphatic carbocycles. The van der Waals surface area contributed by atoms with Crippen LogP contribution in [0.3, 0.4) is 0 Å². The number of carbonyl (C=O) groups is 2. The zero-order chi connectivity index (χ0) is 16.8. The maximum absolute atomic E-state index is 12.6. The van der Waals surface area contributed by atoms with E-state index in [2.05, 4.69) is 5.32 Å². The van der Waals surface area contributed by atoms with Crippen LogP contribution in [-0.2, 0) is 9.59 Å². The van der Waals surface area contributed by atoms with Crippen LogP contribution < -0.4 is 5.32 Å². The highest BCUT2D eigenvalue weighted by molar-refractivity contribution is 5.90. The lowest BCUT2D eigenvalue weighted by atomic mass is 10.2. The van der Waals surface area contributed by atoms with E-state index in [-0.39, 0.29) is 12.1 Å². The Kier molecular flexibility index (Phi) is 6.70. The van der Waals surface area contributed by atoms with Crippen molar-refractivity contribution < 1.29 is 41.0 Å². The maximum Gasteiger partial charge on any atom is 0.490 e. The topological polar surface area (TPSA) is 66.4 Å². The van der Waals surface area contributed by atoms with Gasteiger partial charge in [0, 0.05) is 24.2 Å². The molecule has 0 unspecified atom stereocenters. The number of amides is 1. The summed E-state index contributed by atoms with van der Waals surface area (Å²) in [4.78, 5) is 19.7. The molecule has 1 aromatic carbocycles. The lowest BCUT2D eigenvalue weighted by molar-refractivity contribution is -0.192. The van der Waals surface area contributed by atoms with Crippen LogP contribution in [0.2, 0.25) is 0 Å². The minimum Gasteiger partial charge on any atom is -0.475 e. The molecule has 21 heavy (non-hydrogen) atoms. The third kappa shape index (κ3) is 6.63. The van der Waals surface area contributed by atoms with Gasteiger partial charge in [-0.2, -0.15) is 13.2 Å². The number of hydrogen-bond acceptors (Lipinski definition) is 2. The van der Waals surface area contributed by atoms with Crippen LogP contribution in [0.25, 0.3) is 0 Å². The van der Waals surface area contributed by atoms with E-state index in [4.69, 9.17) is 9.90 Å². The fraction of sp³-hybridized carbons (Fsp3) is 0.273. The van der Waals surface area contributed by atoms with Crippen LogP contribution in [0.1, 0.15) is 13.3 Å². The van der Waals surface area contributed by atoms with Gasteiger partial charge in [-0.1, -0.05) is 6.92 Å². The number of halogens is 6. The van der Waals surface area contributed by atoms with Crippen molar-refractivity contribution in [3.05, 3.63) is 29.6 Å². The summed E-state index contributed by atoms with van der Waals surface area (Å²) < 4.78 is 69.5. The lowest BCUT2D eigenvalue weighted by Gasteiger charge is -2.04. The summed E-state index contributed by atoms with van der Waals surface area (Å²) in [5.74, 6) is -7.34. The Morgan fingerprint density at radius 2 is 1.52 bits per heavy atom. The van der Waals surface area contributed by atoms with E-state index in [0.29, 0.717) is 0 Å². The number of carbonyl (C=O) groups excluding carboxylic acids is 1. The Labute approximate surface area is 114 Å². The minimum atomic E-state index is -5.08. The molecule has 0 spiro atoms. The first kappa shape index (κ1) is 18.7. The third-order valence-electron chi connectivity index (χ3n) is 1.83. The van der Waals surface area contributed by atoms with Gasteiger partial charge >= 0.3 is 12.1 Å². The monoisotopic (exact) mass is 317 g/mol. The predicted octanol–water partition coefficient (Wildman–Crippen LogP) is 3.09. The number of hydrogen-bond donors (Lipinski definition) is 2. The summed E-state index contributed by atoms with van der Waals surface area (Å²) in [5.41, 5.74) is -0.0896. The summed E-state index contributed by atoms with van der Waals surface area (Å²) in [6, 6.07) is 1.46. The number of benzene rings is 1. The first-order valence-electron chi connectivity index (χ1n) is 5.23. The van der Waals surface area contributed by atoms with Crippen molar-refractivity contribution in [2.24, 2.45) is 0 Å². The second kappa shape index (κ2) is 7.50. The molecule has 4 nitrogen and oxygen atoms in total. The van der Waals surface area contributed by atoms with Gasteiger partial charge in [0.05, 0.1) is 0 Å². The third-order valence-corrected chi connectivity index (χ3v) is 1.83. The number of nitrogens with one attached hydrogen (secondary N) is 1. The van der Waals surface area contributed by atoms with Gasteiger partial charge in [0.1, 0.15) is 0 Å². The van der Waals surface area contributed by atoms with E-state index in [1.165, 1.54) is 0 Å². The second-order valence-electron chi connectivity index (χ2n) is 3.46. The van der Waals surface area contributed by atoms with Crippen molar-refractivity contribution >= 4 is 17.6 Å². The summed E-state index contributed by atoms with van der Waals surface area (Å²) in [5, 5.41) is 9.34. The number of alkyl halides is 3. The normalized spacial score (nSPS) is 10.4. The molecule has 0 atom stereocenters. The van der Waals surface area contributed by atoms with E-state index in [0.717, 1.165) is 12.1 Å². The average molecular weight is 317 g/mol. The molecule has 10 heteroatoms. The molecule has 0 aromatic heterocycles. The van der Waals surface area contributed by atoms with Crippen molar-refractivity contribution in [2.75, 3.05) is 5.32 Å². The molecule has 0 bridgehead atoms. The highest BCUT2D eigenvalue weighted by Crippen LogP contribution is 2.17. The Morgan fingerprint density at radius 3 is 1.81 bits per heavy atom. The van der Waals surface area contributed by atoms with Crippen LogP contribution >= 0.6 is 0 Å². The van der Waals surface area contributed by atoms with Gasteiger partial charge in [-0.05, 0) is 0 Å². The smallest absolute Gasteiger partial charge is 0.475 e. The predicted molar refractivity (Wildman–Crippen MR) is 58.9 cm³/mol. The standard InChI is InChI=1S/C9H8F3NO.C2HF3O2/c1-2-8(14)13-5-3-6(10)9(12)7(11)4-5;3-2(4,5)1(6)7/h3-4H,2H2,1H3,(H,13,14);(H,6,7). The zero-order valence-electron chi connectivity index (χ0n) is 10.4. The molecular formula is C11H9F6NO3. The van der Waals surface area contributed by atoms with Crippen molar-refractivity contribution in [1.29, 1.82) is 0 Å². The maximum atomic E-state index is 12.6. The summed E-state index contributed by atoms with van der Waals surface area (Å²) in [6.45, 7) is 1.59. The molecular weight excluding hydrogens is 308 g/mol. The van der Waals surface area contributed by atoms with Crippen molar-refractivity contribution in [3.63, 3.8) is 0 Å². The first-order valence-corrected chi connectivity index (χ1v) is 5.23. The molecule has 2 N–H and O–H groups in total. The molecule has 0 saturated heterocycles. The lowest BCUT2D eigenvalue weighted by Crippen LogP contribution is -2.21. The fourth-order valence-electron chi connectivity index (χ4n) is 0.877. The second-order valence-corrected chi connectivity index (χ2v) is 3.46. The van der Waals surface area contributed by atoms with Crippen molar-refractivity contribution in [3.8, 4) is 0 Å². The van der Waals surface area contributed by atoms with E-state index in [1.54, 1.807) is 6.92 Å². The summed E-state index contributed by atoms with van der Waals surface area (Å²) in [7, 11) is 0. The molecule has 1 aromatic rings. The van der Waals surface area contributed by atoms with Gasteiger partial charge in [0.15, 0.2) is 17.5 Å². The van der Waals surface area contributed by atoms with Gasteiger partial charge in [-0.15, -0.1) is 0 Å². The molecule has 1 amide bonds. The highest BCUT2D eigenvalue weighted by Gasteiger charge is 2.38. The largest absolute Gasteiger partial charge is 0.490 e. The Hall–Kier alpha value is -2.26. The van der Waals surface area contributed by atoms with Crippen LogP contribution in [0.5, 0.6) is 0 Å². The Bertz CT molecular complexity index is 506. The molecule has 0 aliphatic heterocycles. The minimum absolute atomic E-state index is 0.0896. The van der Waals surface area contributed by atoms with Gasteiger partial charge in [-0.25, -0.2) is 18.0 Å². The number of aliphatic carboxylic acids is 1. The van der Waals surface area contributed by atoms with Crippen LogP contribution in [0.4, 0.5) is 32.0 Å². The van der Waals surface area contributed by atoms with Crippen LogP contribution in [0, 0.1) is 17.5 Å².